The predicted molar refractivity (Wildman–Crippen MR) is 62.5 cm³/mol. The van der Waals surface area contributed by atoms with E-state index in [2.05, 4.69) is 10.1 Å². The molecule has 1 aromatic rings. The number of carbonyl (C=O) groups is 3. The van der Waals surface area contributed by atoms with E-state index >= 15 is 0 Å². The van der Waals surface area contributed by atoms with Gasteiger partial charge in [0.15, 0.2) is 11.7 Å². The number of amides is 1. The first-order valence-electron chi connectivity index (χ1n) is 5.59. The maximum atomic E-state index is 11.8. The molecule has 1 unspecified atom stereocenters. The number of Topliss-reactive ketones (excluding diaryl/α,β-unsaturated/α-hetero) is 1. The summed E-state index contributed by atoms with van der Waals surface area (Å²) in [5.41, 5.74) is 0.850. The Morgan fingerprint density at radius 3 is 2.50 bits per heavy atom. The number of rotatable bonds is 2. The van der Waals surface area contributed by atoms with E-state index < -0.39 is 23.6 Å². The molecule has 0 radical (unpaired) electrons. The highest BCUT2D eigenvalue weighted by Gasteiger charge is 2.41. The number of ketones is 1. The van der Waals surface area contributed by atoms with Crippen LogP contribution in [0.3, 0.4) is 0 Å². The van der Waals surface area contributed by atoms with Crippen molar-refractivity contribution in [2.75, 3.05) is 7.11 Å². The Morgan fingerprint density at radius 2 is 1.94 bits per heavy atom. The Morgan fingerprint density at radius 1 is 1.28 bits per heavy atom. The van der Waals surface area contributed by atoms with Crippen molar-refractivity contribution in [1.82, 2.24) is 5.32 Å². The van der Waals surface area contributed by atoms with Crippen LogP contribution in [0.1, 0.15) is 18.0 Å². The molecule has 1 amide bonds. The van der Waals surface area contributed by atoms with Gasteiger partial charge in [-0.15, -0.1) is 0 Å². The summed E-state index contributed by atoms with van der Waals surface area (Å²) < 4.78 is 4.45. The van der Waals surface area contributed by atoms with Gasteiger partial charge in [-0.3, -0.25) is 14.4 Å². The molecule has 0 aromatic heterocycles. The largest absolute Gasteiger partial charge is 0.468 e. The molecule has 18 heavy (non-hydrogen) atoms. The average molecular weight is 247 g/mol. The van der Waals surface area contributed by atoms with E-state index in [9.17, 15) is 14.4 Å². The normalized spacial score (nSPS) is 23.4. The van der Waals surface area contributed by atoms with Crippen LogP contribution in [-0.4, -0.2) is 24.8 Å². The average Bonchev–Trinajstić information content (AvgIpc) is 2.38. The Labute approximate surface area is 104 Å². The second-order valence-electron chi connectivity index (χ2n) is 4.10. The summed E-state index contributed by atoms with van der Waals surface area (Å²) in [5.74, 6) is -3.12. The van der Waals surface area contributed by atoms with E-state index in [1.54, 1.807) is 0 Å². The van der Waals surface area contributed by atoms with Crippen LogP contribution in [0, 0.1) is 5.92 Å². The number of esters is 1. The number of nitrogens with one attached hydrogen (secondary N) is 1. The standard InChI is InChI=1S/C13H13NO4/c1-18-13(17)11-10(15)7-9(14-12(11)16)8-5-3-2-4-6-8/h2-6,9,11H,7H2,1H3,(H,14,16)/t9-,11?/m0/s1. The van der Waals surface area contributed by atoms with Gasteiger partial charge >= 0.3 is 5.97 Å². The molecule has 1 aliphatic rings. The first-order valence-corrected chi connectivity index (χ1v) is 5.59. The molecule has 0 saturated carbocycles. The molecule has 1 aromatic carbocycles. The quantitative estimate of drug-likeness (QED) is 0.613. The van der Waals surface area contributed by atoms with Crippen molar-refractivity contribution in [2.45, 2.75) is 12.5 Å². The molecule has 0 spiro atoms. The van der Waals surface area contributed by atoms with Crippen molar-refractivity contribution in [2.24, 2.45) is 5.92 Å². The zero-order chi connectivity index (χ0) is 13.1. The number of benzene rings is 1. The van der Waals surface area contributed by atoms with Crippen LogP contribution in [0.25, 0.3) is 0 Å². The molecule has 2 rings (SSSR count). The molecule has 1 fully saturated rings. The van der Waals surface area contributed by atoms with Gasteiger partial charge in [0, 0.05) is 6.42 Å². The maximum Gasteiger partial charge on any atom is 0.325 e. The second kappa shape index (κ2) is 5.00. The maximum absolute atomic E-state index is 11.8. The molecular weight excluding hydrogens is 234 g/mol. The smallest absolute Gasteiger partial charge is 0.325 e. The van der Waals surface area contributed by atoms with Crippen molar-refractivity contribution in [1.29, 1.82) is 0 Å². The SMILES string of the molecule is COC(=O)C1C(=O)C[C@@H](c2ccccc2)NC1=O. The third-order valence-corrected chi connectivity index (χ3v) is 2.94. The minimum Gasteiger partial charge on any atom is -0.468 e. The number of piperidine rings is 1. The van der Waals surface area contributed by atoms with Gasteiger partial charge in [0.25, 0.3) is 0 Å². The highest BCUT2D eigenvalue weighted by atomic mass is 16.5. The van der Waals surface area contributed by atoms with E-state index in [0.29, 0.717) is 0 Å². The molecule has 0 aliphatic carbocycles. The van der Waals surface area contributed by atoms with E-state index in [1.807, 2.05) is 30.3 Å². The summed E-state index contributed by atoms with van der Waals surface area (Å²) in [6.07, 6.45) is 0.107. The van der Waals surface area contributed by atoms with Gasteiger partial charge in [0.2, 0.25) is 5.91 Å². The van der Waals surface area contributed by atoms with E-state index in [4.69, 9.17) is 0 Å². The molecule has 0 bridgehead atoms. The third-order valence-electron chi connectivity index (χ3n) is 2.94. The highest BCUT2D eigenvalue weighted by Crippen LogP contribution is 2.24. The van der Waals surface area contributed by atoms with Gasteiger partial charge in [-0.25, -0.2) is 0 Å². The molecule has 1 saturated heterocycles. The van der Waals surface area contributed by atoms with Crippen molar-refractivity contribution >= 4 is 17.7 Å². The van der Waals surface area contributed by atoms with Crippen LogP contribution in [-0.2, 0) is 19.1 Å². The van der Waals surface area contributed by atoms with E-state index in [0.717, 1.165) is 12.7 Å². The summed E-state index contributed by atoms with van der Waals surface area (Å²) in [6.45, 7) is 0. The van der Waals surface area contributed by atoms with Gasteiger partial charge in [-0.2, -0.15) is 0 Å². The molecule has 1 N–H and O–H groups in total. The third kappa shape index (κ3) is 2.25. The van der Waals surface area contributed by atoms with Crippen LogP contribution in [0.15, 0.2) is 30.3 Å². The van der Waals surface area contributed by atoms with E-state index in [1.165, 1.54) is 0 Å². The summed E-state index contributed by atoms with van der Waals surface area (Å²) in [5, 5.41) is 2.67. The monoisotopic (exact) mass is 247 g/mol. The van der Waals surface area contributed by atoms with Crippen LogP contribution < -0.4 is 5.32 Å². The molecule has 1 heterocycles. The number of carbonyl (C=O) groups excluding carboxylic acids is 3. The Hall–Kier alpha value is -2.17. The molecule has 5 heteroatoms. The number of hydrogen-bond acceptors (Lipinski definition) is 4. The van der Waals surface area contributed by atoms with Gasteiger partial charge in [0.05, 0.1) is 13.2 Å². The molecule has 2 atom stereocenters. The van der Waals surface area contributed by atoms with Gasteiger partial charge in [0.1, 0.15) is 0 Å². The van der Waals surface area contributed by atoms with Crippen molar-refractivity contribution in [3.8, 4) is 0 Å². The minimum atomic E-state index is -1.32. The minimum absolute atomic E-state index is 0.107. The van der Waals surface area contributed by atoms with Crippen LogP contribution in [0.5, 0.6) is 0 Å². The Kier molecular flexibility index (Phi) is 3.41. The first-order chi connectivity index (χ1) is 8.63. The summed E-state index contributed by atoms with van der Waals surface area (Å²) >= 11 is 0. The predicted octanol–water partition coefficient (Wildman–Crippen LogP) is 0.606. The first kappa shape index (κ1) is 12.3. The Bertz CT molecular complexity index is 465. The van der Waals surface area contributed by atoms with Crippen molar-refractivity contribution < 1.29 is 19.1 Å². The topological polar surface area (TPSA) is 72.5 Å². The van der Waals surface area contributed by atoms with Crippen molar-refractivity contribution in [3.05, 3.63) is 35.9 Å². The fourth-order valence-electron chi connectivity index (χ4n) is 2.01. The fraction of sp³-hybridized carbons (Fsp3) is 0.308. The zero-order valence-electron chi connectivity index (χ0n) is 9.88. The lowest BCUT2D eigenvalue weighted by atomic mass is 9.89. The number of hydrogen-bond donors (Lipinski definition) is 1. The number of ether oxygens (including phenoxy) is 1. The molecule has 94 valence electrons. The molecule has 5 nitrogen and oxygen atoms in total. The summed E-state index contributed by atoms with van der Waals surface area (Å²) in [4.78, 5) is 34.9. The molecular formula is C13H13NO4. The van der Waals surface area contributed by atoms with Crippen LogP contribution in [0.2, 0.25) is 0 Å². The van der Waals surface area contributed by atoms with Crippen molar-refractivity contribution in [3.63, 3.8) is 0 Å². The lowest BCUT2D eigenvalue weighted by Gasteiger charge is -2.27. The lowest BCUT2D eigenvalue weighted by molar-refractivity contribution is -0.155. The summed E-state index contributed by atoms with van der Waals surface area (Å²) in [6, 6.07) is 8.81. The Balaban J connectivity index is 2.17. The summed E-state index contributed by atoms with van der Waals surface area (Å²) in [7, 11) is 1.16. The number of methoxy groups -OCH3 is 1. The van der Waals surface area contributed by atoms with Gasteiger partial charge in [-0.1, -0.05) is 30.3 Å². The van der Waals surface area contributed by atoms with E-state index in [-0.39, 0.29) is 12.5 Å². The van der Waals surface area contributed by atoms with Gasteiger partial charge in [-0.05, 0) is 5.56 Å². The highest BCUT2D eigenvalue weighted by molar-refractivity contribution is 6.18. The second-order valence-corrected chi connectivity index (χ2v) is 4.10. The lowest BCUT2D eigenvalue weighted by Crippen LogP contribution is -2.48. The van der Waals surface area contributed by atoms with Crippen LogP contribution >= 0.6 is 0 Å². The fourth-order valence-corrected chi connectivity index (χ4v) is 2.01. The van der Waals surface area contributed by atoms with Gasteiger partial charge < -0.3 is 10.1 Å². The zero-order valence-corrected chi connectivity index (χ0v) is 9.88. The molecule has 1 aliphatic heterocycles. The van der Waals surface area contributed by atoms with Crippen LogP contribution in [0.4, 0.5) is 0 Å².